The van der Waals surface area contributed by atoms with E-state index >= 15 is 0 Å². The highest BCUT2D eigenvalue weighted by atomic mass is 16.2. The summed E-state index contributed by atoms with van der Waals surface area (Å²) in [7, 11) is 0. The van der Waals surface area contributed by atoms with Crippen molar-refractivity contribution in [1.82, 2.24) is 10.6 Å². The molecule has 0 aliphatic rings. The largest absolute Gasteiger partial charge is 0.338 e. The smallest absolute Gasteiger partial charge is 0.319 e. The fourth-order valence-electron chi connectivity index (χ4n) is 2.41. The number of para-hydroxylation sites is 2. The number of urea groups is 2. The third-order valence-corrected chi connectivity index (χ3v) is 3.83. The first kappa shape index (κ1) is 19.3. The van der Waals surface area contributed by atoms with Crippen LogP contribution in [-0.2, 0) is 0 Å². The number of carbonyl (C=O) groups is 2. The average molecular weight is 354 g/mol. The molecule has 1 atom stereocenters. The second-order valence-electron chi connectivity index (χ2n) is 6.20. The lowest BCUT2D eigenvalue weighted by molar-refractivity contribution is 0.250. The van der Waals surface area contributed by atoms with E-state index in [1.165, 1.54) is 0 Å². The second kappa shape index (κ2) is 10.8. The summed E-state index contributed by atoms with van der Waals surface area (Å²) >= 11 is 0. The first-order chi connectivity index (χ1) is 12.6. The Balaban J connectivity index is 1.54. The summed E-state index contributed by atoms with van der Waals surface area (Å²) in [4.78, 5) is 23.6. The van der Waals surface area contributed by atoms with Gasteiger partial charge in [-0.2, -0.15) is 0 Å². The number of amides is 4. The second-order valence-corrected chi connectivity index (χ2v) is 6.20. The maximum Gasteiger partial charge on any atom is 0.319 e. The standard InChI is InChI=1S/C20H26N4O2/c1-16(15-22-20(26)24-18-12-6-3-7-13-18)9-8-14-21-19(25)23-17-10-4-2-5-11-17/h2-7,10-13,16H,8-9,14-15H2,1H3,(H2,21,23,25)(H2,22,24,26). The van der Waals surface area contributed by atoms with Gasteiger partial charge in [0.05, 0.1) is 0 Å². The lowest BCUT2D eigenvalue weighted by Gasteiger charge is -2.14. The molecule has 0 aromatic heterocycles. The molecule has 0 spiro atoms. The maximum atomic E-state index is 11.8. The molecule has 0 heterocycles. The molecule has 0 aliphatic heterocycles. The molecule has 0 bridgehead atoms. The molecule has 4 amide bonds. The Morgan fingerprint density at radius 3 is 1.85 bits per heavy atom. The molecular formula is C20H26N4O2. The van der Waals surface area contributed by atoms with Gasteiger partial charge in [-0.3, -0.25) is 0 Å². The summed E-state index contributed by atoms with van der Waals surface area (Å²) in [6, 6.07) is 18.3. The Hall–Kier alpha value is -3.02. The van der Waals surface area contributed by atoms with Crippen molar-refractivity contribution in [3.63, 3.8) is 0 Å². The first-order valence-electron chi connectivity index (χ1n) is 8.83. The zero-order chi connectivity index (χ0) is 18.6. The lowest BCUT2D eigenvalue weighted by Crippen LogP contribution is -2.33. The number of nitrogens with one attached hydrogen (secondary N) is 4. The number of hydrogen-bond acceptors (Lipinski definition) is 2. The van der Waals surface area contributed by atoms with Gasteiger partial charge in [0.1, 0.15) is 0 Å². The number of carbonyl (C=O) groups excluding carboxylic acids is 2. The number of benzene rings is 2. The molecule has 138 valence electrons. The topological polar surface area (TPSA) is 82.3 Å². The molecule has 2 rings (SSSR count). The van der Waals surface area contributed by atoms with Gasteiger partial charge in [-0.05, 0) is 43.0 Å². The van der Waals surface area contributed by atoms with E-state index in [0.29, 0.717) is 19.0 Å². The molecule has 6 heteroatoms. The molecule has 26 heavy (non-hydrogen) atoms. The van der Waals surface area contributed by atoms with Gasteiger partial charge >= 0.3 is 12.1 Å². The minimum atomic E-state index is -0.205. The molecular weight excluding hydrogens is 328 g/mol. The predicted octanol–water partition coefficient (Wildman–Crippen LogP) is 4.05. The van der Waals surface area contributed by atoms with Crippen molar-refractivity contribution in [2.45, 2.75) is 19.8 Å². The van der Waals surface area contributed by atoms with Crippen LogP contribution in [0, 0.1) is 5.92 Å². The van der Waals surface area contributed by atoms with Gasteiger partial charge in [0.25, 0.3) is 0 Å². The highest BCUT2D eigenvalue weighted by Gasteiger charge is 2.06. The summed E-state index contributed by atoms with van der Waals surface area (Å²) in [5.74, 6) is 0.329. The third kappa shape index (κ3) is 7.70. The highest BCUT2D eigenvalue weighted by Crippen LogP contribution is 2.07. The zero-order valence-corrected chi connectivity index (χ0v) is 15.0. The third-order valence-electron chi connectivity index (χ3n) is 3.83. The van der Waals surface area contributed by atoms with E-state index in [0.717, 1.165) is 24.2 Å². The summed E-state index contributed by atoms with van der Waals surface area (Å²) in [6.45, 7) is 3.26. The SMILES string of the molecule is CC(CCCNC(=O)Nc1ccccc1)CNC(=O)Nc1ccccc1. The van der Waals surface area contributed by atoms with E-state index in [1.54, 1.807) is 0 Å². The van der Waals surface area contributed by atoms with E-state index in [-0.39, 0.29) is 12.1 Å². The molecule has 0 saturated heterocycles. The Morgan fingerprint density at radius 2 is 1.31 bits per heavy atom. The van der Waals surface area contributed by atoms with Crippen LogP contribution in [0.3, 0.4) is 0 Å². The van der Waals surface area contributed by atoms with Gasteiger partial charge < -0.3 is 21.3 Å². The summed E-state index contributed by atoms with van der Waals surface area (Å²) in [5.41, 5.74) is 1.54. The Morgan fingerprint density at radius 1 is 0.808 bits per heavy atom. The van der Waals surface area contributed by atoms with Crippen molar-refractivity contribution in [2.24, 2.45) is 5.92 Å². The number of hydrogen-bond donors (Lipinski definition) is 4. The summed E-state index contributed by atoms with van der Waals surface area (Å²) < 4.78 is 0. The molecule has 0 fully saturated rings. The molecule has 2 aromatic carbocycles. The van der Waals surface area contributed by atoms with Crippen LogP contribution in [0.15, 0.2) is 60.7 Å². The van der Waals surface area contributed by atoms with Gasteiger partial charge in [-0.1, -0.05) is 43.3 Å². The van der Waals surface area contributed by atoms with Gasteiger partial charge in [0, 0.05) is 24.5 Å². The van der Waals surface area contributed by atoms with Crippen molar-refractivity contribution in [3.05, 3.63) is 60.7 Å². The van der Waals surface area contributed by atoms with E-state index in [1.807, 2.05) is 60.7 Å². The van der Waals surface area contributed by atoms with Gasteiger partial charge in [-0.15, -0.1) is 0 Å². The van der Waals surface area contributed by atoms with Crippen LogP contribution in [0.25, 0.3) is 0 Å². The molecule has 1 unspecified atom stereocenters. The Kier molecular flexibility index (Phi) is 7.99. The number of rotatable bonds is 8. The van der Waals surface area contributed by atoms with Crippen LogP contribution >= 0.6 is 0 Å². The quantitative estimate of drug-likeness (QED) is 0.540. The molecule has 0 aliphatic carbocycles. The van der Waals surface area contributed by atoms with E-state index in [9.17, 15) is 9.59 Å². The van der Waals surface area contributed by atoms with Crippen LogP contribution in [0.4, 0.5) is 21.0 Å². The van der Waals surface area contributed by atoms with Crippen molar-refractivity contribution >= 4 is 23.4 Å². The summed E-state index contributed by atoms with van der Waals surface area (Å²) in [6.07, 6.45) is 1.77. The zero-order valence-electron chi connectivity index (χ0n) is 15.0. The van der Waals surface area contributed by atoms with E-state index < -0.39 is 0 Å². The van der Waals surface area contributed by atoms with E-state index in [4.69, 9.17) is 0 Å². The maximum absolute atomic E-state index is 11.8. The van der Waals surface area contributed by atoms with Crippen LogP contribution in [-0.4, -0.2) is 25.2 Å². The minimum absolute atomic E-state index is 0.204. The monoisotopic (exact) mass is 354 g/mol. The van der Waals surface area contributed by atoms with Crippen molar-refractivity contribution in [1.29, 1.82) is 0 Å². The predicted molar refractivity (Wildman–Crippen MR) is 105 cm³/mol. The minimum Gasteiger partial charge on any atom is -0.338 e. The fourth-order valence-corrected chi connectivity index (χ4v) is 2.41. The molecule has 0 radical (unpaired) electrons. The molecule has 0 saturated carbocycles. The fraction of sp³-hybridized carbons (Fsp3) is 0.300. The molecule has 4 N–H and O–H groups in total. The van der Waals surface area contributed by atoms with Gasteiger partial charge in [0.2, 0.25) is 0 Å². The first-order valence-corrected chi connectivity index (χ1v) is 8.83. The highest BCUT2D eigenvalue weighted by molar-refractivity contribution is 5.89. The normalized spacial score (nSPS) is 11.3. The Bertz CT molecular complexity index is 677. The van der Waals surface area contributed by atoms with Crippen molar-refractivity contribution < 1.29 is 9.59 Å². The Labute approximate surface area is 154 Å². The van der Waals surface area contributed by atoms with Crippen molar-refractivity contribution in [2.75, 3.05) is 23.7 Å². The van der Waals surface area contributed by atoms with Crippen LogP contribution in [0.1, 0.15) is 19.8 Å². The van der Waals surface area contributed by atoms with E-state index in [2.05, 4.69) is 28.2 Å². The molecule has 6 nitrogen and oxygen atoms in total. The average Bonchev–Trinajstić information content (AvgIpc) is 2.65. The number of anilines is 2. The lowest BCUT2D eigenvalue weighted by atomic mass is 10.1. The van der Waals surface area contributed by atoms with Crippen LogP contribution in [0.5, 0.6) is 0 Å². The van der Waals surface area contributed by atoms with Crippen molar-refractivity contribution in [3.8, 4) is 0 Å². The van der Waals surface area contributed by atoms with Crippen LogP contribution < -0.4 is 21.3 Å². The van der Waals surface area contributed by atoms with Gasteiger partial charge in [0.15, 0.2) is 0 Å². The van der Waals surface area contributed by atoms with Gasteiger partial charge in [-0.25, -0.2) is 9.59 Å². The molecule has 2 aromatic rings. The van der Waals surface area contributed by atoms with Crippen LogP contribution in [0.2, 0.25) is 0 Å². The summed E-state index contributed by atoms with van der Waals surface area (Å²) in [5, 5.41) is 11.3.